The molecule has 0 aromatic heterocycles. The van der Waals surface area contributed by atoms with Gasteiger partial charge in [0.15, 0.2) is 0 Å². The molecule has 13 heavy (non-hydrogen) atoms. The lowest BCUT2D eigenvalue weighted by Crippen LogP contribution is -2.19. The molecule has 1 aliphatic rings. The molecule has 2 rings (SSSR count). The Labute approximate surface area is 75.8 Å². The van der Waals surface area contributed by atoms with Crippen molar-refractivity contribution in [1.29, 1.82) is 0 Å². The van der Waals surface area contributed by atoms with E-state index >= 15 is 0 Å². The van der Waals surface area contributed by atoms with Gasteiger partial charge < -0.3 is 4.74 Å². The van der Waals surface area contributed by atoms with Gasteiger partial charge in [0, 0.05) is 11.3 Å². The molecule has 1 aromatic carbocycles. The van der Waals surface area contributed by atoms with Crippen LogP contribution >= 0.6 is 0 Å². The van der Waals surface area contributed by atoms with Crippen molar-refractivity contribution in [2.24, 2.45) is 5.11 Å². The Hall–Kier alpha value is -1.51. The summed E-state index contributed by atoms with van der Waals surface area (Å²) < 4.78 is 5.30. The second-order valence-electron chi connectivity index (χ2n) is 2.87. The third-order valence-electron chi connectivity index (χ3n) is 2.06. The van der Waals surface area contributed by atoms with Crippen LogP contribution in [-0.4, -0.2) is 6.23 Å². The number of benzene rings is 1. The van der Waals surface area contributed by atoms with E-state index in [4.69, 9.17) is 10.3 Å². The van der Waals surface area contributed by atoms with Gasteiger partial charge in [-0.1, -0.05) is 17.2 Å². The zero-order valence-corrected chi connectivity index (χ0v) is 6.97. The number of fused-ring (bicyclic) bond motifs is 1. The highest BCUT2D eigenvalue weighted by Gasteiger charge is 2.16. The Bertz CT molecular complexity index is 358. The lowest BCUT2D eigenvalue weighted by atomic mass is 10.0. The van der Waals surface area contributed by atoms with Gasteiger partial charge in [-0.25, -0.2) is 0 Å². The molecule has 65 valence electrons. The minimum absolute atomic E-state index is 0.347. The van der Waals surface area contributed by atoms with Crippen LogP contribution in [0.3, 0.4) is 0 Å². The molecule has 1 atom stereocenters. The van der Waals surface area contributed by atoms with Crippen molar-refractivity contribution in [3.63, 3.8) is 0 Å². The Balaban J connectivity index is 2.24. The predicted octanol–water partition coefficient (Wildman–Crippen LogP) is 2.20. The molecule has 0 amide bonds. The molecule has 0 saturated heterocycles. The summed E-state index contributed by atoms with van der Waals surface area (Å²) in [6.45, 7) is 0.510. The fraction of sp³-hybridized carbons (Fsp3) is 0.333. The number of rotatable bonds is 1. The second kappa shape index (κ2) is 3.47. The van der Waals surface area contributed by atoms with Gasteiger partial charge >= 0.3 is 0 Å². The van der Waals surface area contributed by atoms with E-state index in [-0.39, 0.29) is 6.23 Å². The number of ether oxygens (including phenoxy) is 1. The molecule has 0 bridgehead atoms. The van der Waals surface area contributed by atoms with Crippen molar-refractivity contribution in [2.75, 3.05) is 0 Å². The molecule has 1 unspecified atom stereocenters. The first-order valence-corrected chi connectivity index (χ1v) is 4.04. The zero-order valence-electron chi connectivity index (χ0n) is 6.97. The fourth-order valence-electron chi connectivity index (χ4n) is 1.40. The van der Waals surface area contributed by atoms with Gasteiger partial charge in [0.05, 0.1) is 6.61 Å². The van der Waals surface area contributed by atoms with E-state index in [9.17, 15) is 0 Å². The molecule has 1 aliphatic heterocycles. The average Bonchev–Trinajstić information content (AvgIpc) is 2.18. The first kappa shape index (κ1) is 8.10. The molecular formula is C9H8N3O. The van der Waals surface area contributed by atoms with E-state index in [1.807, 2.05) is 18.2 Å². The predicted molar refractivity (Wildman–Crippen MR) is 46.7 cm³/mol. The Morgan fingerprint density at radius 2 is 2.54 bits per heavy atom. The number of hydrogen-bond donors (Lipinski definition) is 0. The highest BCUT2D eigenvalue weighted by molar-refractivity contribution is 5.27. The molecule has 4 nitrogen and oxygen atoms in total. The zero-order chi connectivity index (χ0) is 9.10. The number of hydrogen-bond acceptors (Lipinski definition) is 2. The fourth-order valence-corrected chi connectivity index (χ4v) is 1.40. The van der Waals surface area contributed by atoms with Gasteiger partial charge in [-0.15, -0.1) is 0 Å². The minimum Gasteiger partial charge on any atom is -0.367 e. The molecule has 0 fully saturated rings. The molecule has 4 heteroatoms. The van der Waals surface area contributed by atoms with Crippen LogP contribution < -0.4 is 0 Å². The van der Waals surface area contributed by atoms with Crippen molar-refractivity contribution in [2.45, 2.75) is 19.3 Å². The van der Waals surface area contributed by atoms with Gasteiger partial charge in [-0.05, 0) is 28.8 Å². The summed E-state index contributed by atoms with van der Waals surface area (Å²) in [7, 11) is 0. The third-order valence-corrected chi connectivity index (χ3v) is 2.06. The van der Waals surface area contributed by atoms with Crippen LogP contribution in [-0.2, 0) is 17.8 Å². The quantitative estimate of drug-likeness (QED) is 0.365. The van der Waals surface area contributed by atoms with Gasteiger partial charge in [-0.3, -0.25) is 0 Å². The van der Waals surface area contributed by atoms with Crippen LogP contribution in [0.4, 0.5) is 0 Å². The van der Waals surface area contributed by atoms with E-state index in [2.05, 4.69) is 16.1 Å². The SMILES string of the molecule is [N-]=[N+]=NC1Cc2cc[c]cc2CO1. The summed E-state index contributed by atoms with van der Waals surface area (Å²) in [5, 5.41) is 3.53. The first-order chi connectivity index (χ1) is 6.40. The van der Waals surface area contributed by atoms with Crippen LogP contribution in [0.1, 0.15) is 11.1 Å². The first-order valence-electron chi connectivity index (χ1n) is 4.04. The van der Waals surface area contributed by atoms with Crippen molar-refractivity contribution in [3.05, 3.63) is 45.8 Å². The Kier molecular flexibility index (Phi) is 2.17. The monoisotopic (exact) mass is 174 g/mol. The van der Waals surface area contributed by atoms with Crippen LogP contribution in [0.15, 0.2) is 23.3 Å². The molecule has 0 aliphatic carbocycles. The molecule has 1 heterocycles. The summed E-state index contributed by atoms with van der Waals surface area (Å²) >= 11 is 0. The summed E-state index contributed by atoms with van der Waals surface area (Å²) in [5.41, 5.74) is 10.6. The topological polar surface area (TPSA) is 58.0 Å². The average molecular weight is 174 g/mol. The van der Waals surface area contributed by atoms with Gasteiger partial charge in [0.25, 0.3) is 0 Å². The molecule has 1 aromatic rings. The van der Waals surface area contributed by atoms with Crippen molar-refractivity contribution in [1.82, 2.24) is 0 Å². The van der Waals surface area contributed by atoms with E-state index in [1.54, 1.807) is 0 Å². The summed E-state index contributed by atoms with van der Waals surface area (Å²) in [6.07, 6.45) is 0.313. The number of azide groups is 1. The van der Waals surface area contributed by atoms with Crippen molar-refractivity contribution in [3.8, 4) is 0 Å². The van der Waals surface area contributed by atoms with E-state index < -0.39 is 0 Å². The number of nitrogens with zero attached hydrogens (tertiary/aromatic N) is 3. The van der Waals surface area contributed by atoms with Crippen molar-refractivity contribution >= 4 is 0 Å². The molecule has 0 spiro atoms. The van der Waals surface area contributed by atoms with Crippen LogP contribution in [0.25, 0.3) is 10.4 Å². The minimum atomic E-state index is -0.347. The van der Waals surface area contributed by atoms with E-state index in [0.29, 0.717) is 13.0 Å². The molecular weight excluding hydrogens is 166 g/mol. The molecule has 0 N–H and O–H groups in total. The molecule has 1 radical (unpaired) electrons. The normalized spacial score (nSPS) is 20.2. The van der Waals surface area contributed by atoms with Crippen LogP contribution in [0.5, 0.6) is 0 Å². The van der Waals surface area contributed by atoms with Crippen LogP contribution in [0.2, 0.25) is 0 Å². The summed E-state index contributed by atoms with van der Waals surface area (Å²) in [4.78, 5) is 2.72. The van der Waals surface area contributed by atoms with E-state index in [1.165, 1.54) is 5.56 Å². The maximum absolute atomic E-state index is 8.24. The molecule has 0 saturated carbocycles. The Morgan fingerprint density at radius 3 is 3.38 bits per heavy atom. The summed E-state index contributed by atoms with van der Waals surface area (Å²) in [5.74, 6) is 0. The lowest BCUT2D eigenvalue weighted by Gasteiger charge is -2.21. The third kappa shape index (κ3) is 1.64. The second-order valence-corrected chi connectivity index (χ2v) is 2.87. The van der Waals surface area contributed by atoms with Crippen LogP contribution in [0, 0.1) is 6.07 Å². The highest BCUT2D eigenvalue weighted by Crippen LogP contribution is 2.20. The lowest BCUT2D eigenvalue weighted by molar-refractivity contribution is 0.0333. The van der Waals surface area contributed by atoms with Crippen molar-refractivity contribution < 1.29 is 4.74 Å². The maximum atomic E-state index is 8.24. The Morgan fingerprint density at radius 1 is 1.62 bits per heavy atom. The highest BCUT2D eigenvalue weighted by atomic mass is 16.5. The summed E-state index contributed by atoms with van der Waals surface area (Å²) in [6, 6.07) is 8.73. The van der Waals surface area contributed by atoms with Gasteiger partial charge in [0.1, 0.15) is 6.23 Å². The van der Waals surface area contributed by atoms with E-state index in [0.717, 1.165) is 5.56 Å². The van der Waals surface area contributed by atoms with Gasteiger partial charge in [0.2, 0.25) is 0 Å². The standard InChI is InChI=1S/C9H8N3O/c10-12-11-9-5-7-3-1-2-4-8(7)6-13-9/h1,3-4,9H,5-6H2. The maximum Gasteiger partial charge on any atom is 0.141 e. The van der Waals surface area contributed by atoms with Gasteiger partial charge in [-0.2, -0.15) is 0 Å². The largest absolute Gasteiger partial charge is 0.367 e. The smallest absolute Gasteiger partial charge is 0.141 e.